The van der Waals surface area contributed by atoms with Crippen molar-refractivity contribution in [1.29, 1.82) is 0 Å². The maximum atomic E-state index is 5.45. The Kier molecular flexibility index (Phi) is 4.39. The first-order chi connectivity index (χ1) is 6.22. The lowest BCUT2D eigenvalue weighted by Crippen LogP contribution is -2.04. The molecule has 1 aromatic rings. The van der Waals surface area contributed by atoms with Crippen LogP contribution in [0.5, 0.6) is 0 Å². The van der Waals surface area contributed by atoms with Crippen LogP contribution < -0.4 is 0 Å². The Labute approximate surface area is 87.5 Å². The normalized spacial score (nSPS) is 10.8. The van der Waals surface area contributed by atoms with E-state index in [2.05, 4.69) is 20.9 Å². The minimum atomic E-state index is 0.259. The van der Waals surface area contributed by atoms with Crippen molar-refractivity contribution in [3.8, 4) is 0 Å². The van der Waals surface area contributed by atoms with Crippen LogP contribution in [0.15, 0.2) is 18.2 Å². The molecule has 0 aliphatic carbocycles. The van der Waals surface area contributed by atoms with Crippen LogP contribution >= 0.6 is 15.9 Å². The minimum Gasteiger partial charge on any atom is -0.373 e. The quantitative estimate of drug-likeness (QED) is 0.760. The molecule has 1 heterocycles. The minimum absolute atomic E-state index is 0.259. The number of ether oxygens (including phenoxy) is 1. The van der Waals surface area contributed by atoms with E-state index in [1.807, 2.05) is 32.0 Å². The molecule has 0 radical (unpaired) electrons. The van der Waals surface area contributed by atoms with Crippen molar-refractivity contribution in [3.63, 3.8) is 0 Å². The van der Waals surface area contributed by atoms with Crippen LogP contribution in [-0.2, 0) is 16.7 Å². The van der Waals surface area contributed by atoms with Crippen LogP contribution in [0.2, 0.25) is 0 Å². The Hall–Kier alpha value is -0.410. The second-order valence-corrected chi connectivity index (χ2v) is 3.67. The zero-order valence-electron chi connectivity index (χ0n) is 7.96. The third-order valence-electron chi connectivity index (χ3n) is 1.57. The molecule has 0 saturated carbocycles. The molecule has 1 aromatic heterocycles. The summed E-state index contributed by atoms with van der Waals surface area (Å²) in [6, 6.07) is 5.98. The van der Waals surface area contributed by atoms with Gasteiger partial charge in [0.1, 0.15) is 0 Å². The molecule has 0 amide bonds. The van der Waals surface area contributed by atoms with Crippen molar-refractivity contribution in [2.75, 3.05) is 0 Å². The van der Waals surface area contributed by atoms with Crippen molar-refractivity contribution in [2.24, 2.45) is 0 Å². The summed E-state index contributed by atoms with van der Waals surface area (Å²) in [4.78, 5) is 4.39. The van der Waals surface area contributed by atoms with Gasteiger partial charge in [-0.3, -0.25) is 4.98 Å². The summed E-state index contributed by atoms with van der Waals surface area (Å²) in [6.45, 7) is 4.64. The average molecular weight is 244 g/mol. The van der Waals surface area contributed by atoms with E-state index in [0.717, 1.165) is 16.7 Å². The predicted molar refractivity (Wildman–Crippen MR) is 56.8 cm³/mol. The highest BCUT2D eigenvalue weighted by atomic mass is 79.9. The first kappa shape index (κ1) is 10.7. The topological polar surface area (TPSA) is 22.1 Å². The van der Waals surface area contributed by atoms with Crippen molar-refractivity contribution in [2.45, 2.75) is 31.9 Å². The summed E-state index contributed by atoms with van der Waals surface area (Å²) in [5.74, 6) is 0. The number of alkyl halides is 1. The number of hydrogen-bond donors (Lipinski definition) is 0. The van der Waals surface area contributed by atoms with Crippen molar-refractivity contribution < 1.29 is 4.74 Å². The molecule has 0 spiro atoms. The number of rotatable bonds is 4. The van der Waals surface area contributed by atoms with Crippen LogP contribution in [0.25, 0.3) is 0 Å². The smallest absolute Gasteiger partial charge is 0.0891 e. The Morgan fingerprint density at radius 3 is 2.69 bits per heavy atom. The Balaban J connectivity index is 2.56. The van der Waals surface area contributed by atoms with Gasteiger partial charge in [0.15, 0.2) is 0 Å². The van der Waals surface area contributed by atoms with Gasteiger partial charge in [-0.05, 0) is 26.0 Å². The summed E-state index contributed by atoms with van der Waals surface area (Å²) in [5.41, 5.74) is 2.04. The molecule has 0 atom stereocenters. The Morgan fingerprint density at radius 1 is 1.38 bits per heavy atom. The van der Waals surface area contributed by atoms with Crippen molar-refractivity contribution in [1.82, 2.24) is 4.98 Å². The molecular formula is C10H14BrNO. The molecular weight excluding hydrogens is 230 g/mol. The number of hydrogen-bond acceptors (Lipinski definition) is 2. The number of pyridine rings is 1. The average Bonchev–Trinajstić information content (AvgIpc) is 2.15. The number of aromatic nitrogens is 1. The van der Waals surface area contributed by atoms with Crippen LogP contribution in [0, 0.1) is 0 Å². The summed E-state index contributed by atoms with van der Waals surface area (Å²) >= 11 is 3.37. The molecule has 13 heavy (non-hydrogen) atoms. The second-order valence-electron chi connectivity index (χ2n) is 3.11. The third-order valence-corrected chi connectivity index (χ3v) is 2.14. The van der Waals surface area contributed by atoms with Crippen molar-refractivity contribution >= 4 is 15.9 Å². The number of halogens is 1. The molecule has 72 valence electrons. The lowest BCUT2D eigenvalue weighted by atomic mass is 10.3. The molecule has 0 bridgehead atoms. The van der Waals surface area contributed by atoms with Crippen molar-refractivity contribution in [3.05, 3.63) is 29.6 Å². The standard InChI is InChI=1S/C10H14BrNO/c1-8(2)13-7-10-5-3-4-9(6-11)12-10/h3-5,8H,6-7H2,1-2H3. The molecule has 3 heteroatoms. The van der Waals surface area contributed by atoms with Crippen LogP contribution in [-0.4, -0.2) is 11.1 Å². The highest BCUT2D eigenvalue weighted by molar-refractivity contribution is 9.08. The van der Waals surface area contributed by atoms with Gasteiger partial charge in [0.2, 0.25) is 0 Å². The van der Waals surface area contributed by atoms with Crippen LogP contribution in [0.4, 0.5) is 0 Å². The predicted octanol–water partition coefficient (Wildman–Crippen LogP) is 2.90. The molecule has 1 rings (SSSR count). The highest BCUT2D eigenvalue weighted by Gasteiger charge is 1.98. The fourth-order valence-electron chi connectivity index (χ4n) is 0.936. The van der Waals surface area contributed by atoms with E-state index in [-0.39, 0.29) is 6.10 Å². The number of nitrogens with zero attached hydrogens (tertiary/aromatic N) is 1. The molecule has 2 nitrogen and oxygen atoms in total. The zero-order valence-corrected chi connectivity index (χ0v) is 9.54. The monoisotopic (exact) mass is 243 g/mol. The van der Waals surface area contributed by atoms with Crippen LogP contribution in [0.3, 0.4) is 0 Å². The fraction of sp³-hybridized carbons (Fsp3) is 0.500. The summed E-state index contributed by atoms with van der Waals surface area (Å²) < 4.78 is 5.45. The molecule has 0 unspecified atom stereocenters. The second kappa shape index (κ2) is 5.35. The van der Waals surface area contributed by atoms with Gasteiger partial charge < -0.3 is 4.74 Å². The van der Waals surface area contributed by atoms with Gasteiger partial charge in [-0.15, -0.1) is 0 Å². The van der Waals surface area contributed by atoms with Gasteiger partial charge in [-0.25, -0.2) is 0 Å². The molecule has 0 fully saturated rings. The Bertz CT molecular complexity index is 263. The first-order valence-corrected chi connectivity index (χ1v) is 5.47. The van der Waals surface area contributed by atoms with E-state index in [1.54, 1.807) is 0 Å². The van der Waals surface area contributed by atoms with E-state index in [9.17, 15) is 0 Å². The zero-order chi connectivity index (χ0) is 9.68. The molecule has 0 aliphatic heterocycles. The molecule has 0 saturated heterocycles. The lowest BCUT2D eigenvalue weighted by Gasteiger charge is -2.07. The molecule has 0 N–H and O–H groups in total. The van der Waals surface area contributed by atoms with Crippen LogP contribution in [0.1, 0.15) is 25.2 Å². The van der Waals surface area contributed by atoms with E-state index in [1.165, 1.54) is 0 Å². The summed E-state index contributed by atoms with van der Waals surface area (Å²) in [7, 11) is 0. The van der Waals surface area contributed by atoms with Gasteiger partial charge >= 0.3 is 0 Å². The lowest BCUT2D eigenvalue weighted by molar-refractivity contribution is 0.0635. The van der Waals surface area contributed by atoms with Gasteiger partial charge in [0, 0.05) is 5.33 Å². The first-order valence-electron chi connectivity index (χ1n) is 4.34. The third kappa shape index (κ3) is 3.87. The fourth-order valence-corrected chi connectivity index (χ4v) is 1.25. The molecule has 0 aliphatic rings. The van der Waals surface area contributed by atoms with Gasteiger partial charge in [-0.1, -0.05) is 22.0 Å². The van der Waals surface area contributed by atoms with E-state index < -0.39 is 0 Å². The van der Waals surface area contributed by atoms with E-state index in [4.69, 9.17) is 4.74 Å². The van der Waals surface area contributed by atoms with Gasteiger partial charge in [0.25, 0.3) is 0 Å². The van der Waals surface area contributed by atoms with Gasteiger partial charge in [0.05, 0.1) is 24.1 Å². The highest BCUT2D eigenvalue weighted by Crippen LogP contribution is 2.05. The maximum absolute atomic E-state index is 5.45. The Morgan fingerprint density at radius 2 is 2.08 bits per heavy atom. The SMILES string of the molecule is CC(C)OCc1cccc(CBr)n1. The van der Waals surface area contributed by atoms with Gasteiger partial charge in [-0.2, -0.15) is 0 Å². The van der Waals surface area contributed by atoms with E-state index >= 15 is 0 Å². The largest absolute Gasteiger partial charge is 0.373 e. The summed E-state index contributed by atoms with van der Waals surface area (Å²) in [5, 5.41) is 0.794. The maximum Gasteiger partial charge on any atom is 0.0891 e. The summed E-state index contributed by atoms with van der Waals surface area (Å²) in [6.07, 6.45) is 0.259. The molecule has 0 aromatic carbocycles. The van der Waals surface area contributed by atoms with E-state index in [0.29, 0.717) is 6.61 Å².